The van der Waals surface area contributed by atoms with Crippen molar-refractivity contribution in [1.82, 2.24) is 9.88 Å². The highest BCUT2D eigenvalue weighted by Gasteiger charge is 2.19. The van der Waals surface area contributed by atoms with E-state index in [-0.39, 0.29) is 0 Å². The number of aromatic nitrogens is 1. The number of nitrogen functional groups attached to an aromatic ring is 1. The highest BCUT2D eigenvalue weighted by atomic mass is 35.5. The van der Waals surface area contributed by atoms with Gasteiger partial charge in [-0.2, -0.15) is 0 Å². The molecule has 1 fully saturated rings. The summed E-state index contributed by atoms with van der Waals surface area (Å²) in [5, 5.41) is 4.02. The molecule has 1 aliphatic heterocycles. The molecule has 0 atom stereocenters. The first-order valence-electron chi connectivity index (χ1n) is 6.59. The van der Waals surface area contributed by atoms with Crippen molar-refractivity contribution in [3.63, 3.8) is 0 Å². The van der Waals surface area contributed by atoms with Crippen LogP contribution in [0.4, 0.5) is 11.5 Å². The highest BCUT2D eigenvalue weighted by Crippen LogP contribution is 2.24. The fourth-order valence-corrected chi connectivity index (χ4v) is 2.60. The zero-order valence-electron chi connectivity index (χ0n) is 10.8. The molecule has 1 aliphatic rings. The highest BCUT2D eigenvalue weighted by molar-refractivity contribution is 6.33. The number of halogens is 1. The van der Waals surface area contributed by atoms with Gasteiger partial charge in [-0.1, -0.05) is 18.5 Å². The van der Waals surface area contributed by atoms with Crippen LogP contribution >= 0.6 is 11.6 Å². The number of piperidine rings is 1. The van der Waals surface area contributed by atoms with Gasteiger partial charge < -0.3 is 16.0 Å². The summed E-state index contributed by atoms with van der Waals surface area (Å²) in [5.41, 5.74) is 6.23. The van der Waals surface area contributed by atoms with Crippen LogP contribution in [-0.4, -0.2) is 35.6 Å². The Bertz CT molecular complexity index is 389. The number of nitrogens with one attached hydrogen (secondary N) is 1. The Hall–Kier alpha value is -1.00. The van der Waals surface area contributed by atoms with E-state index in [1.165, 1.54) is 13.0 Å². The number of nitrogens with zero attached hydrogens (tertiary/aromatic N) is 2. The lowest BCUT2D eigenvalue weighted by atomic mass is 10.0. The second-order valence-electron chi connectivity index (χ2n) is 4.86. The Balaban J connectivity index is 1.87. The van der Waals surface area contributed by atoms with Crippen molar-refractivity contribution < 1.29 is 0 Å². The van der Waals surface area contributed by atoms with E-state index >= 15 is 0 Å². The van der Waals surface area contributed by atoms with Crippen LogP contribution in [0, 0.1) is 0 Å². The van der Waals surface area contributed by atoms with E-state index in [4.69, 9.17) is 17.3 Å². The van der Waals surface area contributed by atoms with Crippen molar-refractivity contribution in [2.45, 2.75) is 32.2 Å². The predicted octanol–water partition coefficient (Wildman–Crippen LogP) is 2.60. The summed E-state index contributed by atoms with van der Waals surface area (Å²) in [7, 11) is 0. The van der Waals surface area contributed by atoms with Gasteiger partial charge >= 0.3 is 0 Å². The van der Waals surface area contributed by atoms with Crippen molar-refractivity contribution >= 4 is 23.1 Å². The standard InChI is InChI=1S/C13H21ClN4/c1-2-5-18-6-3-11(4-7-18)17-13-12(14)8-10(15)9-16-13/h8-9,11H,2-7,15H2,1H3,(H,16,17). The molecule has 2 rings (SSSR count). The number of hydrogen-bond acceptors (Lipinski definition) is 4. The molecule has 0 bridgehead atoms. The maximum atomic E-state index is 6.11. The minimum atomic E-state index is 0.465. The van der Waals surface area contributed by atoms with Gasteiger partial charge in [0, 0.05) is 19.1 Å². The van der Waals surface area contributed by atoms with Crippen LogP contribution in [0.1, 0.15) is 26.2 Å². The Morgan fingerprint density at radius 3 is 2.83 bits per heavy atom. The van der Waals surface area contributed by atoms with Gasteiger partial charge in [0.2, 0.25) is 0 Å². The molecule has 5 heteroatoms. The maximum absolute atomic E-state index is 6.11. The monoisotopic (exact) mass is 268 g/mol. The maximum Gasteiger partial charge on any atom is 0.145 e. The van der Waals surface area contributed by atoms with Gasteiger partial charge in [-0.05, 0) is 31.9 Å². The fourth-order valence-electron chi connectivity index (χ4n) is 2.37. The molecule has 1 aromatic heterocycles. The summed E-state index contributed by atoms with van der Waals surface area (Å²) < 4.78 is 0. The topological polar surface area (TPSA) is 54.2 Å². The largest absolute Gasteiger partial charge is 0.397 e. The first kappa shape index (κ1) is 13.4. The summed E-state index contributed by atoms with van der Waals surface area (Å²) in [6, 6.07) is 2.20. The Labute approximate surface area is 114 Å². The third-order valence-corrected chi connectivity index (χ3v) is 3.62. The van der Waals surface area contributed by atoms with Gasteiger partial charge in [0.05, 0.1) is 16.9 Å². The van der Waals surface area contributed by atoms with Crippen molar-refractivity contribution in [3.8, 4) is 0 Å². The zero-order valence-corrected chi connectivity index (χ0v) is 11.6. The molecule has 0 saturated carbocycles. The SMILES string of the molecule is CCCN1CCC(Nc2ncc(N)cc2Cl)CC1. The smallest absolute Gasteiger partial charge is 0.145 e. The third kappa shape index (κ3) is 3.50. The molecule has 100 valence electrons. The molecule has 3 N–H and O–H groups in total. The van der Waals surface area contributed by atoms with Gasteiger partial charge in [-0.25, -0.2) is 4.98 Å². The molecule has 2 heterocycles. The van der Waals surface area contributed by atoms with E-state index in [2.05, 4.69) is 22.1 Å². The van der Waals surface area contributed by atoms with E-state index in [1.54, 1.807) is 12.3 Å². The molecule has 0 radical (unpaired) electrons. The Morgan fingerprint density at radius 1 is 1.50 bits per heavy atom. The van der Waals surface area contributed by atoms with Crippen molar-refractivity contribution in [2.24, 2.45) is 0 Å². The van der Waals surface area contributed by atoms with Gasteiger partial charge in [0.15, 0.2) is 0 Å². The van der Waals surface area contributed by atoms with Crippen LogP contribution in [0.3, 0.4) is 0 Å². The van der Waals surface area contributed by atoms with E-state index in [0.29, 0.717) is 16.8 Å². The molecular formula is C13H21ClN4. The average Bonchev–Trinajstić information content (AvgIpc) is 2.35. The number of nitrogens with two attached hydrogens (primary N) is 1. The van der Waals surface area contributed by atoms with Crippen LogP contribution in [0.15, 0.2) is 12.3 Å². The summed E-state index contributed by atoms with van der Waals surface area (Å²) in [6.07, 6.45) is 5.15. The van der Waals surface area contributed by atoms with Gasteiger partial charge in [-0.15, -0.1) is 0 Å². The van der Waals surface area contributed by atoms with Crippen LogP contribution in [0.2, 0.25) is 5.02 Å². The van der Waals surface area contributed by atoms with Crippen LogP contribution in [0.5, 0.6) is 0 Å². The van der Waals surface area contributed by atoms with Gasteiger partial charge in [-0.3, -0.25) is 0 Å². The van der Waals surface area contributed by atoms with E-state index < -0.39 is 0 Å². The zero-order chi connectivity index (χ0) is 13.0. The summed E-state index contributed by atoms with van der Waals surface area (Å²) in [6.45, 7) is 5.73. The summed E-state index contributed by atoms with van der Waals surface area (Å²) in [4.78, 5) is 6.76. The van der Waals surface area contributed by atoms with Crippen molar-refractivity contribution in [2.75, 3.05) is 30.7 Å². The third-order valence-electron chi connectivity index (χ3n) is 3.33. The molecule has 1 saturated heterocycles. The van der Waals surface area contributed by atoms with E-state index in [0.717, 1.165) is 31.7 Å². The first-order chi connectivity index (χ1) is 8.69. The predicted molar refractivity (Wildman–Crippen MR) is 77.0 cm³/mol. The molecule has 0 amide bonds. The lowest BCUT2D eigenvalue weighted by molar-refractivity contribution is 0.219. The molecule has 1 aromatic rings. The second-order valence-corrected chi connectivity index (χ2v) is 5.27. The van der Waals surface area contributed by atoms with Gasteiger partial charge in [0.1, 0.15) is 5.82 Å². The molecule has 18 heavy (non-hydrogen) atoms. The molecule has 0 aromatic carbocycles. The molecular weight excluding hydrogens is 248 g/mol. The minimum Gasteiger partial charge on any atom is -0.397 e. The molecule has 0 spiro atoms. The lowest BCUT2D eigenvalue weighted by Crippen LogP contribution is -2.39. The van der Waals surface area contributed by atoms with E-state index in [1.807, 2.05) is 0 Å². The fraction of sp³-hybridized carbons (Fsp3) is 0.615. The normalized spacial score (nSPS) is 17.9. The number of anilines is 2. The van der Waals surface area contributed by atoms with Crippen LogP contribution in [0.25, 0.3) is 0 Å². The van der Waals surface area contributed by atoms with Crippen LogP contribution in [-0.2, 0) is 0 Å². The quantitative estimate of drug-likeness (QED) is 0.881. The lowest BCUT2D eigenvalue weighted by Gasteiger charge is -2.32. The number of rotatable bonds is 4. The number of pyridine rings is 1. The van der Waals surface area contributed by atoms with Gasteiger partial charge in [0.25, 0.3) is 0 Å². The first-order valence-corrected chi connectivity index (χ1v) is 6.96. The van der Waals surface area contributed by atoms with Crippen molar-refractivity contribution in [3.05, 3.63) is 17.3 Å². The molecule has 0 unspecified atom stereocenters. The Kier molecular flexibility index (Phi) is 4.66. The number of hydrogen-bond donors (Lipinski definition) is 2. The van der Waals surface area contributed by atoms with Crippen molar-refractivity contribution in [1.29, 1.82) is 0 Å². The number of likely N-dealkylation sites (tertiary alicyclic amines) is 1. The van der Waals surface area contributed by atoms with E-state index in [9.17, 15) is 0 Å². The second kappa shape index (κ2) is 6.25. The van der Waals surface area contributed by atoms with Crippen LogP contribution < -0.4 is 11.1 Å². The molecule has 0 aliphatic carbocycles. The average molecular weight is 269 g/mol. The Morgan fingerprint density at radius 2 is 2.22 bits per heavy atom. The summed E-state index contributed by atoms with van der Waals surface area (Å²) in [5.74, 6) is 0.750. The molecule has 4 nitrogen and oxygen atoms in total. The summed E-state index contributed by atoms with van der Waals surface area (Å²) >= 11 is 6.11. The minimum absolute atomic E-state index is 0.465.